The van der Waals surface area contributed by atoms with Gasteiger partial charge in [-0.1, -0.05) is 35.0 Å². The maximum atomic E-state index is 13.0. The molecule has 0 aliphatic carbocycles. The molecule has 1 aliphatic heterocycles. The maximum Gasteiger partial charge on any atom is 0.416 e. The predicted octanol–water partition coefficient (Wildman–Crippen LogP) is 4.63. The van der Waals surface area contributed by atoms with Gasteiger partial charge in [-0.2, -0.15) is 22.5 Å². The molecule has 2 heterocycles. The van der Waals surface area contributed by atoms with Gasteiger partial charge >= 0.3 is 6.18 Å². The lowest BCUT2D eigenvalue weighted by Gasteiger charge is -2.30. The quantitative estimate of drug-likeness (QED) is 0.578. The van der Waals surface area contributed by atoms with Crippen molar-refractivity contribution in [1.29, 1.82) is 0 Å². The van der Waals surface area contributed by atoms with E-state index in [1.54, 1.807) is 24.3 Å². The standard InChI is InChI=1S/C21H20F3N3O3S/c1-14-7-9-18(10-8-14)31(28,29)27-11-3-5-16(13-27)20-25-19(26-30-20)15-4-2-6-17(12-15)21(22,23)24/h2,4,6-10,12,16H,3,5,11,13H2,1H3/t16-/m0/s1. The van der Waals surface area contributed by atoms with Crippen LogP contribution in [0.3, 0.4) is 0 Å². The zero-order valence-electron chi connectivity index (χ0n) is 16.6. The molecule has 164 valence electrons. The fourth-order valence-electron chi connectivity index (χ4n) is 3.57. The number of aryl methyl sites for hydroxylation is 1. The van der Waals surface area contributed by atoms with Crippen LogP contribution in [0.2, 0.25) is 0 Å². The largest absolute Gasteiger partial charge is 0.416 e. The van der Waals surface area contributed by atoms with Crippen molar-refractivity contribution in [2.75, 3.05) is 13.1 Å². The van der Waals surface area contributed by atoms with E-state index in [9.17, 15) is 21.6 Å². The molecule has 1 aromatic heterocycles. The minimum atomic E-state index is -4.48. The number of hydrogen-bond acceptors (Lipinski definition) is 5. The zero-order valence-corrected chi connectivity index (χ0v) is 17.4. The average Bonchev–Trinajstić information content (AvgIpc) is 3.24. The Hall–Kier alpha value is -2.72. The number of hydrogen-bond donors (Lipinski definition) is 0. The van der Waals surface area contributed by atoms with Gasteiger partial charge in [0.2, 0.25) is 21.7 Å². The molecule has 0 amide bonds. The summed E-state index contributed by atoms with van der Waals surface area (Å²) >= 11 is 0. The number of piperidine rings is 1. The van der Waals surface area contributed by atoms with E-state index in [-0.39, 0.29) is 34.6 Å². The topological polar surface area (TPSA) is 76.3 Å². The lowest BCUT2D eigenvalue weighted by atomic mass is 10.00. The molecule has 31 heavy (non-hydrogen) atoms. The van der Waals surface area contributed by atoms with E-state index < -0.39 is 21.8 Å². The van der Waals surface area contributed by atoms with E-state index in [0.717, 1.165) is 17.7 Å². The first-order valence-corrected chi connectivity index (χ1v) is 11.2. The Morgan fingerprint density at radius 1 is 1.13 bits per heavy atom. The minimum Gasteiger partial charge on any atom is -0.339 e. The molecular weight excluding hydrogens is 431 g/mol. The molecule has 0 unspecified atom stereocenters. The van der Waals surface area contributed by atoms with Gasteiger partial charge in [-0.3, -0.25) is 0 Å². The molecule has 0 saturated carbocycles. The normalized spacial score (nSPS) is 18.3. The van der Waals surface area contributed by atoms with Crippen molar-refractivity contribution in [1.82, 2.24) is 14.4 Å². The molecule has 0 spiro atoms. The third-order valence-corrected chi connectivity index (χ3v) is 7.16. The number of rotatable bonds is 4. The van der Waals surface area contributed by atoms with E-state index >= 15 is 0 Å². The highest BCUT2D eigenvalue weighted by atomic mass is 32.2. The van der Waals surface area contributed by atoms with Gasteiger partial charge in [0, 0.05) is 18.7 Å². The van der Waals surface area contributed by atoms with Gasteiger partial charge in [-0.15, -0.1) is 0 Å². The van der Waals surface area contributed by atoms with Crippen LogP contribution < -0.4 is 0 Å². The first-order chi connectivity index (χ1) is 14.6. The summed E-state index contributed by atoms with van der Waals surface area (Å²) in [6, 6.07) is 11.3. The Balaban J connectivity index is 1.55. The van der Waals surface area contributed by atoms with Crippen LogP contribution in [0.15, 0.2) is 57.9 Å². The second kappa shape index (κ2) is 8.08. The second-order valence-corrected chi connectivity index (χ2v) is 9.49. The molecule has 3 aromatic rings. The monoisotopic (exact) mass is 451 g/mol. The van der Waals surface area contributed by atoms with Crippen LogP contribution in [0.5, 0.6) is 0 Å². The van der Waals surface area contributed by atoms with Crippen LogP contribution in [0.1, 0.15) is 35.8 Å². The highest BCUT2D eigenvalue weighted by Crippen LogP contribution is 2.33. The van der Waals surface area contributed by atoms with Crippen LogP contribution in [0.4, 0.5) is 13.2 Å². The van der Waals surface area contributed by atoms with Crippen LogP contribution in [-0.4, -0.2) is 36.0 Å². The van der Waals surface area contributed by atoms with Crippen molar-refractivity contribution in [3.63, 3.8) is 0 Å². The van der Waals surface area contributed by atoms with Crippen molar-refractivity contribution >= 4 is 10.0 Å². The summed E-state index contributed by atoms with van der Waals surface area (Å²) in [6.07, 6.45) is -3.22. The van der Waals surface area contributed by atoms with Gasteiger partial charge in [-0.25, -0.2) is 8.42 Å². The second-order valence-electron chi connectivity index (χ2n) is 7.55. The minimum absolute atomic E-state index is 0.0413. The fourth-order valence-corrected chi connectivity index (χ4v) is 5.10. The smallest absolute Gasteiger partial charge is 0.339 e. The van der Waals surface area contributed by atoms with Gasteiger partial charge in [-0.05, 0) is 44.0 Å². The SMILES string of the molecule is Cc1ccc(S(=O)(=O)N2CCC[C@H](c3nc(-c4cccc(C(F)(F)F)c4)no3)C2)cc1. The number of halogens is 3. The fraction of sp³-hybridized carbons (Fsp3) is 0.333. The lowest BCUT2D eigenvalue weighted by Crippen LogP contribution is -2.39. The van der Waals surface area contributed by atoms with Crippen molar-refractivity contribution in [2.45, 2.75) is 36.8 Å². The predicted molar refractivity (Wildman–Crippen MR) is 107 cm³/mol. The van der Waals surface area contributed by atoms with E-state index in [1.807, 2.05) is 6.92 Å². The number of aromatic nitrogens is 2. The Bertz CT molecular complexity index is 1170. The Labute approximate surface area is 177 Å². The molecular formula is C21H20F3N3O3S. The Morgan fingerprint density at radius 3 is 2.58 bits per heavy atom. The molecule has 0 bridgehead atoms. The number of sulfonamides is 1. The maximum absolute atomic E-state index is 13.0. The summed E-state index contributed by atoms with van der Waals surface area (Å²) in [5.74, 6) is -0.0724. The van der Waals surface area contributed by atoms with Crippen LogP contribution >= 0.6 is 0 Å². The van der Waals surface area contributed by atoms with Gasteiger partial charge in [0.25, 0.3) is 0 Å². The first kappa shape index (κ1) is 21.5. The molecule has 6 nitrogen and oxygen atoms in total. The molecule has 1 saturated heterocycles. The van der Waals surface area contributed by atoms with Crippen LogP contribution in [0, 0.1) is 6.92 Å². The van der Waals surface area contributed by atoms with Crippen molar-refractivity contribution in [3.05, 3.63) is 65.5 Å². The van der Waals surface area contributed by atoms with Gasteiger partial charge in [0.05, 0.1) is 16.4 Å². The number of benzene rings is 2. The third-order valence-electron chi connectivity index (χ3n) is 5.28. The van der Waals surface area contributed by atoms with E-state index in [4.69, 9.17) is 4.52 Å². The van der Waals surface area contributed by atoms with Crippen molar-refractivity contribution in [3.8, 4) is 11.4 Å². The molecule has 10 heteroatoms. The van der Waals surface area contributed by atoms with E-state index in [0.29, 0.717) is 19.4 Å². The highest BCUT2D eigenvalue weighted by molar-refractivity contribution is 7.89. The van der Waals surface area contributed by atoms with Crippen LogP contribution in [-0.2, 0) is 16.2 Å². The Morgan fingerprint density at radius 2 is 1.87 bits per heavy atom. The number of alkyl halides is 3. The molecule has 1 fully saturated rings. The average molecular weight is 451 g/mol. The summed E-state index contributed by atoms with van der Waals surface area (Å²) in [6.45, 7) is 2.42. The molecule has 1 aliphatic rings. The molecule has 2 aromatic carbocycles. The Kier molecular flexibility index (Phi) is 5.61. The molecule has 0 N–H and O–H groups in total. The van der Waals surface area contributed by atoms with Crippen LogP contribution in [0.25, 0.3) is 11.4 Å². The lowest BCUT2D eigenvalue weighted by molar-refractivity contribution is -0.137. The van der Waals surface area contributed by atoms with Gasteiger partial charge < -0.3 is 4.52 Å². The van der Waals surface area contributed by atoms with Crippen molar-refractivity contribution < 1.29 is 26.1 Å². The molecule has 0 radical (unpaired) electrons. The van der Waals surface area contributed by atoms with E-state index in [2.05, 4.69) is 10.1 Å². The summed E-state index contributed by atoms with van der Waals surface area (Å²) < 4.78 is 71.6. The van der Waals surface area contributed by atoms with E-state index in [1.165, 1.54) is 16.4 Å². The zero-order chi connectivity index (χ0) is 22.2. The number of nitrogens with zero attached hydrogens (tertiary/aromatic N) is 3. The van der Waals surface area contributed by atoms with Gasteiger partial charge in [0.1, 0.15) is 0 Å². The summed E-state index contributed by atoms with van der Waals surface area (Å²) in [5.41, 5.74) is 0.345. The molecule has 1 atom stereocenters. The molecule has 4 rings (SSSR count). The van der Waals surface area contributed by atoms with Crippen molar-refractivity contribution in [2.24, 2.45) is 0 Å². The van der Waals surface area contributed by atoms with Gasteiger partial charge in [0.15, 0.2) is 0 Å². The third kappa shape index (κ3) is 4.49. The highest BCUT2D eigenvalue weighted by Gasteiger charge is 2.34. The summed E-state index contributed by atoms with van der Waals surface area (Å²) in [5, 5.41) is 3.82. The summed E-state index contributed by atoms with van der Waals surface area (Å²) in [7, 11) is -3.67. The first-order valence-electron chi connectivity index (χ1n) is 9.72. The summed E-state index contributed by atoms with van der Waals surface area (Å²) in [4.78, 5) is 4.48.